The number of thioether (sulfide) groups is 1. The summed E-state index contributed by atoms with van der Waals surface area (Å²) in [6.45, 7) is 13.4. The molecule has 1 N–H and O–H groups in total. The summed E-state index contributed by atoms with van der Waals surface area (Å²) in [6, 6.07) is 0. The molecule has 0 aliphatic carbocycles. The Balaban J connectivity index is 4.36. The van der Waals surface area contributed by atoms with Gasteiger partial charge in [-0.15, -0.1) is 0 Å². The summed E-state index contributed by atoms with van der Waals surface area (Å²) in [5.74, 6) is 1.02. The molecular weight excluding hydrogens is 437 g/mol. The molecule has 0 saturated carbocycles. The van der Waals surface area contributed by atoms with Crippen molar-refractivity contribution < 1.29 is 9.53 Å². The molecule has 5 heteroatoms. The zero-order valence-corrected chi connectivity index (χ0v) is 21.4. The summed E-state index contributed by atoms with van der Waals surface area (Å²) in [6.07, 6.45) is 8.01. The number of nitrogens with one attached hydrogen (secondary N) is 1. The summed E-state index contributed by atoms with van der Waals surface area (Å²) in [5.41, 5.74) is -0.413. The molecule has 0 aromatic rings. The molecule has 0 aromatic carbocycles. The first-order valence-electron chi connectivity index (χ1n) is 10.3. The summed E-state index contributed by atoms with van der Waals surface area (Å²) < 4.78 is 11.4. The van der Waals surface area contributed by atoms with Crippen molar-refractivity contribution >= 4 is 36.2 Å². The Kier molecular flexibility index (Phi) is 14.7. The topological polar surface area (TPSA) is 38.3 Å². The first-order chi connectivity index (χ1) is 11.8. The van der Waals surface area contributed by atoms with Crippen LogP contribution in [0.3, 0.4) is 0 Å². The fourth-order valence-electron chi connectivity index (χ4n) is 3.07. The molecule has 0 radical (unpaired) electrons. The molecule has 0 aliphatic heterocycles. The number of hydrogen-bond donors (Lipinski definition) is 1. The van der Waals surface area contributed by atoms with Crippen LogP contribution in [-0.2, 0) is 4.74 Å². The van der Waals surface area contributed by atoms with Crippen LogP contribution < -0.4 is 5.32 Å². The van der Waals surface area contributed by atoms with Crippen LogP contribution in [0.1, 0.15) is 80.1 Å². The van der Waals surface area contributed by atoms with Gasteiger partial charge >= 0.3 is 166 Å². The van der Waals surface area contributed by atoms with Crippen molar-refractivity contribution in [3.8, 4) is 0 Å². The third-order valence-corrected chi connectivity index (χ3v) is 24.9. The van der Waals surface area contributed by atoms with Crippen LogP contribution in [0.4, 0.5) is 4.79 Å². The van der Waals surface area contributed by atoms with E-state index in [4.69, 9.17) is 4.74 Å². The minimum absolute atomic E-state index is 0.286. The normalized spacial score (nSPS) is 12.2. The fraction of sp³-hybridized carbons (Fsp3) is 0.950. The van der Waals surface area contributed by atoms with Gasteiger partial charge in [0, 0.05) is 0 Å². The minimum atomic E-state index is -2.00. The van der Waals surface area contributed by atoms with E-state index in [1.54, 1.807) is 13.3 Å². The van der Waals surface area contributed by atoms with Crippen molar-refractivity contribution in [2.24, 2.45) is 0 Å². The van der Waals surface area contributed by atoms with E-state index >= 15 is 0 Å². The average molecular weight is 480 g/mol. The van der Waals surface area contributed by atoms with Gasteiger partial charge in [0.05, 0.1) is 0 Å². The Hall–Kier alpha value is 0.419. The quantitative estimate of drug-likeness (QED) is 0.224. The van der Waals surface area contributed by atoms with Crippen LogP contribution in [-0.4, -0.2) is 46.1 Å². The van der Waals surface area contributed by atoms with E-state index in [1.807, 2.05) is 20.8 Å². The van der Waals surface area contributed by atoms with E-state index in [1.165, 1.54) is 42.3 Å². The molecule has 0 atom stereocenters. The van der Waals surface area contributed by atoms with Crippen molar-refractivity contribution in [2.75, 3.05) is 16.1 Å². The summed E-state index contributed by atoms with van der Waals surface area (Å²) in [7, 11) is 0. The maximum absolute atomic E-state index is 11.7. The predicted molar refractivity (Wildman–Crippen MR) is 116 cm³/mol. The zero-order valence-electron chi connectivity index (χ0n) is 17.7. The van der Waals surface area contributed by atoms with Crippen LogP contribution in [0.25, 0.3) is 0 Å². The van der Waals surface area contributed by atoms with Crippen LogP contribution in [0, 0.1) is 0 Å². The molecule has 0 fully saturated rings. The Morgan fingerprint density at radius 3 is 1.84 bits per heavy atom. The van der Waals surface area contributed by atoms with Crippen molar-refractivity contribution in [1.82, 2.24) is 5.32 Å². The number of unbranched alkanes of at least 4 members (excludes halogenated alkanes) is 3. The third kappa shape index (κ3) is 14.2. The Labute approximate surface area is 165 Å². The van der Waals surface area contributed by atoms with E-state index in [0.29, 0.717) is 0 Å². The van der Waals surface area contributed by atoms with Crippen molar-refractivity contribution in [3.63, 3.8) is 0 Å². The number of carbonyl (C=O) groups excluding carboxylic acids is 1. The van der Waals surface area contributed by atoms with Gasteiger partial charge in [0.1, 0.15) is 0 Å². The number of alkyl carbamates (subject to hydrolysis) is 1. The SMILES string of the molecule is CCC[CH2][Sn]([CH2]CCC)([CH2]CCC)[CH2]SCCNC(=O)OC(C)(C)C. The first kappa shape index (κ1) is 25.4. The second kappa shape index (κ2) is 14.5. The van der Waals surface area contributed by atoms with E-state index in [0.717, 1.165) is 12.3 Å². The second-order valence-electron chi connectivity index (χ2n) is 8.29. The molecule has 150 valence electrons. The third-order valence-electron chi connectivity index (χ3n) is 4.50. The fourth-order valence-corrected chi connectivity index (χ4v) is 24.6. The molecule has 3 nitrogen and oxygen atoms in total. The molecule has 0 spiro atoms. The van der Waals surface area contributed by atoms with Gasteiger partial charge in [-0.05, 0) is 0 Å². The molecule has 0 aromatic heterocycles. The summed E-state index contributed by atoms with van der Waals surface area (Å²) in [5, 5.41) is 2.90. The molecule has 1 amide bonds. The summed E-state index contributed by atoms with van der Waals surface area (Å²) >= 11 is 0.0931. The molecule has 0 heterocycles. The average Bonchev–Trinajstić information content (AvgIpc) is 2.53. The number of hydrogen-bond acceptors (Lipinski definition) is 3. The summed E-state index contributed by atoms with van der Waals surface area (Å²) in [4.78, 5) is 11.7. The van der Waals surface area contributed by atoms with E-state index in [2.05, 4.69) is 37.8 Å². The van der Waals surface area contributed by atoms with Gasteiger partial charge in [0.2, 0.25) is 0 Å². The first-order valence-corrected chi connectivity index (χ1v) is 19.6. The second-order valence-corrected chi connectivity index (χ2v) is 24.7. The predicted octanol–water partition coefficient (Wildman–Crippen LogP) is 6.63. The van der Waals surface area contributed by atoms with Gasteiger partial charge in [0.15, 0.2) is 0 Å². The van der Waals surface area contributed by atoms with Crippen molar-refractivity contribution in [1.29, 1.82) is 0 Å². The van der Waals surface area contributed by atoms with Gasteiger partial charge in [-0.2, -0.15) is 0 Å². The number of ether oxygens (including phenoxy) is 1. The Morgan fingerprint density at radius 2 is 1.44 bits per heavy atom. The molecular formula is C20H43NO2SSn. The standard InChI is InChI=1S/C8H16NO2S.3C4H9.Sn/c1-8(2,3)11-7(10)9-5-6-12-4;3*1-3-4-2;/h4-6H2,1-3H3,(H,9,10);3*1,3-4H2,2H3;. The number of carbonyl (C=O) groups is 1. The molecule has 25 heavy (non-hydrogen) atoms. The number of amides is 1. The monoisotopic (exact) mass is 481 g/mol. The van der Waals surface area contributed by atoms with Gasteiger partial charge in [0.25, 0.3) is 0 Å². The number of rotatable bonds is 14. The van der Waals surface area contributed by atoms with Crippen LogP contribution in [0.2, 0.25) is 13.3 Å². The Bertz CT molecular complexity index is 323. The molecule has 0 unspecified atom stereocenters. The molecule has 0 aliphatic rings. The van der Waals surface area contributed by atoms with Crippen LogP contribution >= 0.6 is 11.8 Å². The van der Waals surface area contributed by atoms with E-state index in [9.17, 15) is 4.79 Å². The van der Waals surface area contributed by atoms with E-state index in [-0.39, 0.29) is 6.09 Å². The Morgan fingerprint density at radius 1 is 0.960 bits per heavy atom. The zero-order chi connectivity index (χ0) is 19.2. The van der Waals surface area contributed by atoms with Gasteiger partial charge in [-0.25, -0.2) is 0 Å². The molecule has 0 bridgehead atoms. The van der Waals surface area contributed by atoms with Gasteiger partial charge < -0.3 is 0 Å². The molecule has 0 saturated heterocycles. The van der Waals surface area contributed by atoms with Crippen molar-refractivity contribution in [3.05, 3.63) is 0 Å². The van der Waals surface area contributed by atoms with Crippen LogP contribution in [0.15, 0.2) is 0 Å². The maximum atomic E-state index is 11.7. The van der Waals surface area contributed by atoms with E-state index < -0.39 is 24.0 Å². The molecule has 0 rings (SSSR count). The van der Waals surface area contributed by atoms with Gasteiger partial charge in [-0.3, -0.25) is 0 Å². The van der Waals surface area contributed by atoms with Crippen molar-refractivity contribution in [2.45, 2.75) is 99.0 Å². The van der Waals surface area contributed by atoms with Crippen LogP contribution in [0.5, 0.6) is 0 Å². The van der Waals surface area contributed by atoms with Gasteiger partial charge in [-0.1, -0.05) is 0 Å².